The van der Waals surface area contributed by atoms with Crippen molar-refractivity contribution >= 4 is 9.84 Å². The van der Waals surface area contributed by atoms with E-state index in [0.29, 0.717) is 17.4 Å². The van der Waals surface area contributed by atoms with E-state index in [0.717, 1.165) is 6.54 Å². The van der Waals surface area contributed by atoms with Crippen molar-refractivity contribution < 1.29 is 8.42 Å². The third-order valence-electron chi connectivity index (χ3n) is 2.76. The molecule has 0 bridgehead atoms. The molecular formula is C9H19NO2S. The van der Waals surface area contributed by atoms with Crippen LogP contribution in [0.3, 0.4) is 0 Å². The van der Waals surface area contributed by atoms with Gasteiger partial charge in [-0.3, -0.25) is 0 Å². The molecule has 0 unspecified atom stereocenters. The highest BCUT2D eigenvalue weighted by Crippen LogP contribution is 2.12. The van der Waals surface area contributed by atoms with E-state index < -0.39 is 9.84 Å². The van der Waals surface area contributed by atoms with Crippen LogP contribution in [-0.4, -0.2) is 32.5 Å². The van der Waals surface area contributed by atoms with Gasteiger partial charge in [0.25, 0.3) is 0 Å². The Morgan fingerprint density at radius 3 is 2.23 bits per heavy atom. The quantitative estimate of drug-likeness (QED) is 0.722. The summed E-state index contributed by atoms with van der Waals surface area (Å²) in [6.07, 6.45) is 2.34. The minimum Gasteiger partial charge on any atom is -0.312 e. The van der Waals surface area contributed by atoms with Crippen molar-refractivity contribution in [2.24, 2.45) is 5.92 Å². The van der Waals surface area contributed by atoms with E-state index in [1.165, 1.54) is 12.8 Å². The zero-order valence-electron chi connectivity index (χ0n) is 8.41. The Labute approximate surface area is 80.8 Å². The van der Waals surface area contributed by atoms with E-state index in [4.69, 9.17) is 0 Å². The van der Waals surface area contributed by atoms with Crippen LogP contribution in [0.15, 0.2) is 0 Å². The maximum absolute atomic E-state index is 10.8. The van der Waals surface area contributed by atoms with Crippen LogP contribution in [0.25, 0.3) is 0 Å². The largest absolute Gasteiger partial charge is 0.312 e. The van der Waals surface area contributed by atoms with Crippen LogP contribution in [0.4, 0.5) is 0 Å². The van der Waals surface area contributed by atoms with Gasteiger partial charge in [-0.1, -0.05) is 26.7 Å². The molecule has 1 rings (SSSR count). The summed E-state index contributed by atoms with van der Waals surface area (Å²) in [6.45, 7) is 5.31. The minimum atomic E-state index is -2.65. The summed E-state index contributed by atoms with van der Waals surface area (Å²) in [7, 11) is -2.65. The maximum Gasteiger partial charge on any atom is 0.153 e. The Bertz CT molecular complexity index is 232. The first-order chi connectivity index (χ1) is 6.07. The van der Waals surface area contributed by atoms with Crippen molar-refractivity contribution in [1.29, 1.82) is 0 Å². The van der Waals surface area contributed by atoms with Crippen LogP contribution >= 0.6 is 0 Å². The van der Waals surface area contributed by atoms with Gasteiger partial charge in [0.1, 0.15) is 0 Å². The van der Waals surface area contributed by atoms with Gasteiger partial charge in [0, 0.05) is 6.04 Å². The average molecular weight is 205 g/mol. The molecule has 1 fully saturated rings. The summed E-state index contributed by atoms with van der Waals surface area (Å²) < 4.78 is 21.7. The van der Waals surface area contributed by atoms with E-state index in [1.807, 2.05) is 0 Å². The molecular weight excluding hydrogens is 186 g/mol. The van der Waals surface area contributed by atoms with E-state index in [9.17, 15) is 8.42 Å². The van der Waals surface area contributed by atoms with Gasteiger partial charge in [0.05, 0.1) is 11.5 Å². The SMILES string of the molecule is CCC(CC)CNC1CS(=O)(=O)C1. The molecule has 1 N–H and O–H groups in total. The molecule has 1 aliphatic rings. The predicted octanol–water partition coefficient (Wildman–Crippen LogP) is 0.809. The fourth-order valence-corrected chi connectivity index (χ4v) is 2.96. The Kier molecular flexibility index (Phi) is 3.74. The van der Waals surface area contributed by atoms with Gasteiger partial charge in [-0.25, -0.2) is 8.42 Å². The number of hydrogen-bond donors (Lipinski definition) is 1. The van der Waals surface area contributed by atoms with Crippen LogP contribution in [0, 0.1) is 5.92 Å². The molecule has 1 heterocycles. The average Bonchev–Trinajstić information content (AvgIpc) is 2.03. The van der Waals surface area contributed by atoms with Gasteiger partial charge in [-0.2, -0.15) is 0 Å². The monoisotopic (exact) mass is 205 g/mol. The minimum absolute atomic E-state index is 0.227. The van der Waals surface area contributed by atoms with Crippen LogP contribution in [0.5, 0.6) is 0 Å². The number of rotatable bonds is 5. The van der Waals surface area contributed by atoms with Crippen molar-refractivity contribution in [2.45, 2.75) is 32.7 Å². The highest BCUT2D eigenvalue weighted by molar-refractivity contribution is 7.92. The van der Waals surface area contributed by atoms with E-state index in [2.05, 4.69) is 19.2 Å². The highest BCUT2D eigenvalue weighted by atomic mass is 32.2. The summed E-state index contributed by atoms with van der Waals surface area (Å²) in [5, 5.41) is 3.30. The Morgan fingerprint density at radius 1 is 1.31 bits per heavy atom. The van der Waals surface area contributed by atoms with E-state index >= 15 is 0 Å². The molecule has 0 aromatic rings. The van der Waals surface area contributed by atoms with Crippen molar-refractivity contribution in [3.05, 3.63) is 0 Å². The van der Waals surface area contributed by atoms with E-state index in [1.54, 1.807) is 0 Å². The lowest BCUT2D eigenvalue weighted by Crippen LogP contribution is -2.52. The topological polar surface area (TPSA) is 46.2 Å². The molecule has 1 aliphatic heterocycles. The van der Waals surface area contributed by atoms with Gasteiger partial charge < -0.3 is 5.32 Å². The molecule has 13 heavy (non-hydrogen) atoms. The highest BCUT2D eigenvalue weighted by Gasteiger charge is 2.32. The number of sulfone groups is 1. The first kappa shape index (κ1) is 11.0. The lowest BCUT2D eigenvalue weighted by Gasteiger charge is -2.28. The molecule has 0 aromatic carbocycles. The molecule has 78 valence electrons. The third kappa shape index (κ3) is 3.27. The lowest BCUT2D eigenvalue weighted by atomic mass is 10.0. The van der Waals surface area contributed by atoms with Gasteiger partial charge in [-0.05, 0) is 12.5 Å². The Balaban J connectivity index is 2.14. The molecule has 0 spiro atoms. The van der Waals surface area contributed by atoms with Crippen molar-refractivity contribution in [1.82, 2.24) is 5.32 Å². The van der Waals surface area contributed by atoms with Crippen LogP contribution in [-0.2, 0) is 9.84 Å². The van der Waals surface area contributed by atoms with Gasteiger partial charge in [0.2, 0.25) is 0 Å². The fourth-order valence-electron chi connectivity index (χ4n) is 1.59. The van der Waals surface area contributed by atoms with Crippen LogP contribution < -0.4 is 5.32 Å². The van der Waals surface area contributed by atoms with Gasteiger partial charge >= 0.3 is 0 Å². The third-order valence-corrected chi connectivity index (χ3v) is 4.58. The summed E-state index contributed by atoms with van der Waals surface area (Å²) in [5.41, 5.74) is 0. The summed E-state index contributed by atoms with van der Waals surface area (Å²) in [6, 6.07) is 0.227. The molecule has 0 radical (unpaired) electrons. The van der Waals surface area contributed by atoms with Crippen molar-refractivity contribution in [2.75, 3.05) is 18.1 Å². The second kappa shape index (κ2) is 4.42. The molecule has 0 amide bonds. The van der Waals surface area contributed by atoms with Crippen molar-refractivity contribution in [3.8, 4) is 0 Å². The second-order valence-electron chi connectivity index (χ2n) is 3.86. The summed E-state index contributed by atoms with van der Waals surface area (Å²) in [4.78, 5) is 0. The van der Waals surface area contributed by atoms with E-state index in [-0.39, 0.29) is 6.04 Å². The fraction of sp³-hybridized carbons (Fsp3) is 1.00. The first-order valence-corrected chi connectivity index (χ1v) is 6.83. The summed E-state index contributed by atoms with van der Waals surface area (Å²) in [5.74, 6) is 1.38. The Morgan fingerprint density at radius 2 is 1.85 bits per heavy atom. The number of hydrogen-bond acceptors (Lipinski definition) is 3. The maximum atomic E-state index is 10.8. The van der Waals surface area contributed by atoms with Crippen LogP contribution in [0.1, 0.15) is 26.7 Å². The zero-order valence-corrected chi connectivity index (χ0v) is 9.23. The standard InChI is InChI=1S/C9H19NO2S/c1-3-8(4-2)5-10-9-6-13(11,12)7-9/h8-10H,3-7H2,1-2H3. The van der Waals surface area contributed by atoms with Crippen LogP contribution in [0.2, 0.25) is 0 Å². The first-order valence-electron chi connectivity index (χ1n) is 5.01. The lowest BCUT2D eigenvalue weighted by molar-refractivity contribution is 0.416. The van der Waals surface area contributed by atoms with Gasteiger partial charge in [0.15, 0.2) is 9.84 Å². The number of nitrogens with one attached hydrogen (secondary N) is 1. The molecule has 0 saturated carbocycles. The molecule has 0 atom stereocenters. The molecule has 3 nitrogen and oxygen atoms in total. The predicted molar refractivity (Wildman–Crippen MR) is 54.5 cm³/mol. The zero-order chi connectivity index (χ0) is 9.90. The van der Waals surface area contributed by atoms with Crippen molar-refractivity contribution in [3.63, 3.8) is 0 Å². The molecule has 1 saturated heterocycles. The Hall–Kier alpha value is -0.0900. The molecule has 0 aliphatic carbocycles. The normalized spacial score (nSPS) is 21.8. The molecule has 0 aromatic heterocycles. The molecule has 4 heteroatoms. The smallest absolute Gasteiger partial charge is 0.153 e. The summed E-state index contributed by atoms with van der Waals surface area (Å²) >= 11 is 0. The second-order valence-corrected chi connectivity index (χ2v) is 6.02. The van der Waals surface area contributed by atoms with Gasteiger partial charge in [-0.15, -0.1) is 0 Å².